The standard InChI is InChI=1S/C17H22O2/c18-14-8-7-10-15-9-5-6-13-17(15)19-16-11-3-1-2-4-12-16/h5-6,9,13,16,18H,1-4,8,11-12,14H2. The molecule has 0 atom stereocenters. The largest absolute Gasteiger partial charge is 0.489 e. The summed E-state index contributed by atoms with van der Waals surface area (Å²) in [6.45, 7) is 0.110. The maximum Gasteiger partial charge on any atom is 0.135 e. The van der Waals surface area contributed by atoms with Gasteiger partial charge >= 0.3 is 0 Å². The van der Waals surface area contributed by atoms with Gasteiger partial charge in [0, 0.05) is 6.42 Å². The number of ether oxygens (including phenoxy) is 1. The molecule has 2 heteroatoms. The summed E-state index contributed by atoms with van der Waals surface area (Å²) >= 11 is 0. The van der Waals surface area contributed by atoms with Gasteiger partial charge in [-0.2, -0.15) is 0 Å². The fourth-order valence-corrected chi connectivity index (χ4v) is 2.43. The quantitative estimate of drug-likeness (QED) is 0.664. The van der Waals surface area contributed by atoms with Crippen LogP contribution in [0.5, 0.6) is 5.75 Å². The second kappa shape index (κ2) is 7.86. The molecule has 0 aliphatic heterocycles. The third kappa shape index (κ3) is 4.61. The fourth-order valence-electron chi connectivity index (χ4n) is 2.43. The minimum Gasteiger partial charge on any atom is -0.489 e. The van der Waals surface area contributed by atoms with Gasteiger partial charge in [-0.05, 0) is 37.8 Å². The number of benzene rings is 1. The van der Waals surface area contributed by atoms with Gasteiger partial charge in [0.25, 0.3) is 0 Å². The summed E-state index contributed by atoms with van der Waals surface area (Å²) in [7, 11) is 0. The van der Waals surface area contributed by atoms with E-state index in [-0.39, 0.29) is 6.61 Å². The molecule has 1 aliphatic rings. The van der Waals surface area contributed by atoms with Crippen molar-refractivity contribution in [3.63, 3.8) is 0 Å². The predicted molar refractivity (Wildman–Crippen MR) is 77.1 cm³/mol. The van der Waals surface area contributed by atoms with Gasteiger partial charge in [0.2, 0.25) is 0 Å². The van der Waals surface area contributed by atoms with E-state index in [0.717, 1.165) is 24.2 Å². The topological polar surface area (TPSA) is 29.5 Å². The molecule has 19 heavy (non-hydrogen) atoms. The molecule has 0 bridgehead atoms. The highest BCUT2D eigenvalue weighted by molar-refractivity contribution is 5.45. The molecule has 1 aromatic rings. The first kappa shape index (κ1) is 14.0. The molecule has 0 amide bonds. The van der Waals surface area contributed by atoms with Crippen molar-refractivity contribution >= 4 is 0 Å². The summed E-state index contributed by atoms with van der Waals surface area (Å²) in [4.78, 5) is 0. The zero-order valence-corrected chi connectivity index (χ0v) is 11.4. The van der Waals surface area contributed by atoms with Crippen LogP contribution in [-0.4, -0.2) is 17.8 Å². The van der Waals surface area contributed by atoms with Gasteiger partial charge in [-0.25, -0.2) is 0 Å². The highest BCUT2D eigenvalue weighted by Crippen LogP contribution is 2.25. The minimum absolute atomic E-state index is 0.110. The summed E-state index contributed by atoms with van der Waals surface area (Å²) in [5.74, 6) is 6.93. The van der Waals surface area contributed by atoms with E-state index in [1.54, 1.807) is 0 Å². The van der Waals surface area contributed by atoms with Gasteiger partial charge in [0.1, 0.15) is 5.75 Å². The monoisotopic (exact) mass is 258 g/mol. The molecular formula is C17H22O2. The molecule has 102 valence electrons. The van der Waals surface area contributed by atoms with E-state index >= 15 is 0 Å². The van der Waals surface area contributed by atoms with E-state index in [0.29, 0.717) is 12.5 Å². The van der Waals surface area contributed by atoms with E-state index in [4.69, 9.17) is 9.84 Å². The molecule has 0 heterocycles. The molecule has 0 unspecified atom stereocenters. The number of hydrogen-bond donors (Lipinski definition) is 1. The zero-order valence-electron chi connectivity index (χ0n) is 11.4. The van der Waals surface area contributed by atoms with Crippen LogP contribution in [0.15, 0.2) is 24.3 Å². The zero-order chi connectivity index (χ0) is 13.3. The first-order valence-corrected chi connectivity index (χ1v) is 7.25. The van der Waals surface area contributed by atoms with Gasteiger partial charge in [-0.1, -0.05) is 36.8 Å². The molecule has 1 aromatic carbocycles. The van der Waals surface area contributed by atoms with E-state index < -0.39 is 0 Å². The van der Waals surface area contributed by atoms with E-state index in [2.05, 4.69) is 11.8 Å². The van der Waals surface area contributed by atoms with Gasteiger partial charge in [-0.3, -0.25) is 0 Å². The highest BCUT2D eigenvalue weighted by atomic mass is 16.5. The molecule has 1 saturated carbocycles. The molecule has 2 nitrogen and oxygen atoms in total. The summed E-state index contributed by atoms with van der Waals surface area (Å²) in [6, 6.07) is 7.94. The van der Waals surface area contributed by atoms with Crippen LogP contribution in [0.25, 0.3) is 0 Å². The molecule has 0 aromatic heterocycles. The second-order valence-corrected chi connectivity index (χ2v) is 5.00. The van der Waals surface area contributed by atoms with Crippen molar-refractivity contribution in [2.75, 3.05) is 6.61 Å². The Morgan fingerprint density at radius 2 is 1.84 bits per heavy atom. The third-order valence-corrected chi connectivity index (χ3v) is 3.44. The lowest BCUT2D eigenvalue weighted by molar-refractivity contribution is 0.183. The first-order valence-electron chi connectivity index (χ1n) is 7.25. The van der Waals surface area contributed by atoms with Gasteiger partial charge in [0.05, 0.1) is 18.3 Å². The molecule has 0 spiro atoms. The van der Waals surface area contributed by atoms with Crippen molar-refractivity contribution in [3.05, 3.63) is 29.8 Å². The summed E-state index contributed by atoms with van der Waals surface area (Å²) in [6.07, 6.45) is 8.35. The van der Waals surface area contributed by atoms with E-state index in [1.165, 1.54) is 25.7 Å². The molecule has 0 radical (unpaired) electrons. The average molecular weight is 258 g/mol. The van der Waals surface area contributed by atoms with Gasteiger partial charge < -0.3 is 9.84 Å². The van der Waals surface area contributed by atoms with E-state index in [9.17, 15) is 0 Å². The second-order valence-electron chi connectivity index (χ2n) is 5.00. The van der Waals surface area contributed by atoms with Gasteiger partial charge in [-0.15, -0.1) is 0 Å². The lowest BCUT2D eigenvalue weighted by atomic mass is 10.1. The number of hydrogen-bond acceptors (Lipinski definition) is 2. The molecule has 0 saturated heterocycles. The lowest BCUT2D eigenvalue weighted by Gasteiger charge is -2.17. The Morgan fingerprint density at radius 3 is 2.58 bits per heavy atom. The molecule has 1 N–H and O–H groups in total. The van der Waals surface area contributed by atoms with Crippen LogP contribution in [0, 0.1) is 11.8 Å². The van der Waals surface area contributed by atoms with Crippen LogP contribution >= 0.6 is 0 Å². The van der Waals surface area contributed by atoms with Crippen molar-refractivity contribution in [2.45, 2.75) is 51.0 Å². The fraction of sp³-hybridized carbons (Fsp3) is 0.529. The van der Waals surface area contributed by atoms with Crippen molar-refractivity contribution < 1.29 is 9.84 Å². The number of aliphatic hydroxyl groups excluding tert-OH is 1. The van der Waals surface area contributed by atoms with Crippen molar-refractivity contribution in [2.24, 2.45) is 0 Å². The highest BCUT2D eigenvalue weighted by Gasteiger charge is 2.14. The Labute approximate surface area is 115 Å². The predicted octanol–water partition coefficient (Wildman–Crippen LogP) is 3.52. The van der Waals surface area contributed by atoms with Gasteiger partial charge in [0.15, 0.2) is 0 Å². The normalized spacial score (nSPS) is 16.3. The maximum atomic E-state index is 8.77. The van der Waals surface area contributed by atoms with Crippen molar-refractivity contribution in [1.82, 2.24) is 0 Å². The molecule has 1 aliphatic carbocycles. The van der Waals surface area contributed by atoms with E-state index in [1.807, 2.05) is 24.3 Å². The Hall–Kier alpha value is -1.46. The smallest absolute Gasteiger partial charge is 0.135 e. The van der Waals surface area contributed by atoms with Crippen molar-refractivity contribution in [1.29, 1.82) is 0 Å². The molecule has 2 rings (SSSR count). The van der Waals surface area contributed by atoms with Crippen LogP contribution < -0.4 is 4.74 Å². The Balaban J connectivity index is 2.04. The third-order valence-electron chi connectivity index (χ3n) is 3.44. The summed E-state index contributed by atoms with van der Waals surface area (Å²) in [5.41, 5.74) is 0.931. The van der Waals surface area contributed by atoms with Crippen LogP contribution in [0.2, 0.25) is 0 Å². The first-order chi connectivity index (χ1) is 9.40. The van der Waals surface area contributed by atoms with Crippen LogP contribution in [0.1, 0.15) is 50.5 Å². The number of para-hydroxylation sites is 1. The Kier molecular flexibility index (Phi) is 5.78. The Morgan fingerprint density at radius 1 is 1.11 bits per heavy atom. The minimum atomic E-state index is 0.110. The van der Waals surface area contributed by atoms with Crippen LogP contribution in [0.3, 0.4) is 0 Å². The van der Waals surface area contributed by atoms with Crippen LogP contribution in [-0.2, 0) is 0 Å². The molecule has 1 fully saturated rings. The Bertz CT molecular complexity index is 434. The van der Waals surface area contributed by atoms with Crippen LogP contribution in [0.4, 0.5) is 0 Å². The number of aliphatic hydroxyl groups is 1. The lowest BCUT2D eigenvalue weighted by Crippen LogP contribution is -2.15. The summed E-state index contributed by atoms with van der Waals surface area (Å²) in [5, 5.41) is 8.77. The SMILES string of the molecule is OCCC#Cc1ccccc1OC1CCCCCC1. The molecular weight excluding hydrogens is 236 g/mol. The van der Waals surface area contributed by atoms with Crippen molar-refractivity contribution in [3.8, 4) is 17.6 Å². The maximum absolute atomic E-state index is 8.77. The average Bonchev–Trinajstić information content (AvgIpc) is 2.70. The summed E-state index contributed by atoms with van der Waals surface area (Å²) < 4.78 is 6.13. The number of rotatable bonds is 3.